The van der Waals surface area contributed by atoms with Crippen LogP contribution in [0.2, 0.25) is 0 Å². The Hall–Kier alpha value is -2.40. The van der Waals surface area contributed by atoms with Crippen LogP contribution in [-0.4, -0.2) is 5.91 Å². The highest BCUT2D eigenvalue weighted by Crippen LogP contribution is 2.16. The van der Waals surface area contributed by atoms with Gasteiger partial charge >= 0.3 is 5.63 Å². The maximum atomic E-state index is 12.1. The van der Waals surface area contributed by atoms with Crippen molar-refractivity contribution in [3.8, 4) is 0 Å². The van der Waals surface area contributed by atoms with Gasteiger partial charge in [-0.25, -0.2) is 4.79 Å². The fraction of sp³-hybridized carbons (Fsp3) is 0. The Bertz CT molecular complexity index is 869. The number of benzene rings is 2. The molecular formula is C16H10BrNO3. The van der Waals surface area contributed by atoms with Crippen molar-refractivity contribution >= 4 is 38.5 Å². The maximum absolute atomic E-state index is 12.1. The summed E-state index contributed by atoms with van der Waals surface area (Å²) in [5.74, 6) is -0.356. The summed E-state index contributed by atoms with van der Waals surface area (Å²) in [5, 5.41) is 3.33. The number of carbonyl (C=O) groups excluding carboxylic acids is 1. The van der Waals surface area contributed by atoms with Crippen molar-refractivity contribution in [2.45, 2.75) is 0 Å². The van der Waals surface area contributed by atoms with E-state index in [0.29, 0.717) is 11.1 Å². The zero-order chi connectivity index (χ0) is 14.8. The van der Waals surface area contributed by atoms with Gasteiger partial charge in [0.2, 0.25) is 0 Å². The van der Waals surface area contributed by atoms with Crippen LogP contribution in [0.4, 0.5) is 5.69 Å². The Morgan fingerprint density at radius 2 is 1.76 bits per heavy atom. The highest BCUT2D eigenvalue weighted by Gasteiger charge is 2.10. The van der Waals surface area contributed by atoms with Gasteiger partial charge in [0.05, 0.1) is 0 Å². The molecule has 0 bridgehead atoms. The van der Waals surface area contributed by atoms with Gasteiger partial charge < -0.3 is 9.73 Å². The van der Waals surface area contributed by atoms with Crippen LogP contribution in [0.5, 0.6) is 0 Å². The van der Waals surface area contributed by atoms with Crippen LogP contribution in [0.15, 0.2) is 68.3 Å². The van der Waals surface area contributed by atoms with Crippen molar-refractivity contribution in [2.75, 3.05) is 5.32 Å². The van der Waals surface area contributed by atoms with E-state index in [0.717, 1.165) is 9.86 Å². The van der Waals surface area contributed by atoms with Crippen LogP contribution in [0, 0.1) is 0 Å². The first-order valence-corrected chi connectivity index (χ1v) is 7.02. The molecule has 104 valence electrons. The number of nitrogens with one attached hydrogen (secondary N) is 1. The fourth-order valence-electron chi connectivity index (χ4n) is 1.94. The highest BCUT2D eigenvalue weighted by atomic mass is 79.9. The molecule has 0 unspecified atom stereocenters. The lowest BCUT2D eigenvalue weighted by molar-refractivity contribution is 0.102. The highest BCUT2D eigenvalue weighted by molar-refractivity contribution is 9.10. The number of halogens is 1. The van der Waals surface area contributed by atoms with Crippen molar-refractivity contribution in [1.29, 1.82) is 0 Å². The second-order valence-corrected chi connectivity index (χ2v) is 5.36. The molecule has 0 aliphatic rings. The number of rotatable bonds is 2. The monoisotopic (exact) mass is 343 g/mol. The first kappa shape index (κ1) is 13.6. The number of amides is 1. The van der Waals surface area contributed by atoms with Crippen LogP contribution in [0.1, 0.15) is 10.4 Å². The summed E-state index contributed by atoms with van der Waals surface area (Å²) in [6.45, 7) is 0. The maximum Gasteiger partial charge on any atom is 0.360 e. The van der Waals surface area contributed by atoms with Gasteiger partial charge in [0.25, 0.3) is 5.91 Å². The summed E-state index contributed by atoms with van der Waals surface area (Å²) in [4.78, 5) is 24.0. The first-order chi connectivity index (χ1) is 10.1. The van der Waals surface area contributed by atoms with E-state index in [4.69, 9.17) is 4.42 Å². The fourth-order valence-corrected chi connectivity index (χ4v) is 2.21. The van der Waals surface area contributed by atoms with Gasteiger partial charge in [-0.1, -0.05) is 34.1 Å². The minimum Gasteiger partial charge on any atom is -0.421 e. The first-order valence-electron chi connectivity index (χ1n) is 6.23. The molecule has 1 aromatic heterocycles. The third kappa shape index (κ3) is 2.87. The average Bonchev–Trinajstić information content (AvgIpc) is 2.48. The van der Waals surface area contributed by atoms with E-state index < -0.39 is 5.63 Å². The number of fused-ring (bicyclic) bond motifs is 1. The molecule has 5 heteroatoms. The molecule has 1 N–H and O–H groups in total. The summed E-state index contributed by atoms with van der Waals surface area (Å²) >= 11 is 3.30. The molecule has 3 aromatic rings. The Balaban J connectivity index is 1.94. The zero-order valence-corrected chi connectivity index (χ0v) is 12.4. The second-order valence-electron chi connectivity index (χ2n) is 4.45. The van der Waals surface area contributed by atoms with Crippen LogP contribution in [-0.2, 0) is 0 Å². The Labute approximate surface area is 128 Å². The minimum absolute atomic E-state index is 0.126. The van der Waals surface area contributed by atoms with Crippen molar-refractivity contribution in [3.05, 3.63) is 75.1 Å². The Morgan fingerprint density at radius 3 is 2.52 bits per heavy atom. The molecule has 0 fully saturated rings. The zero-order valence-electron chi connectivity index (χ0n) is 10.8. The molecule has 0 saturated carbocycles. The van der Waals surface area contributed by atoms with Crippen LogP contribution in [0.3, 0.4) is 0 Å². The summed E-state index contributed by atoms with van der Waals surface area (Å²) in [6, 6.07) is 15.6. The van der Waals surface area contributed by atoms with Crippen LogP contribution < -0.4 is 10.9 Å². The third-order valence-corrected chi connectivity index (χ3v) is 3.52. The second kappa shape index (κ2) is 5.54. The lowest BCUT2D eigenvalue weighted by atomic mass is 10.2. The molecule has 0 saturated heterocycles. The lowest BCUT2D eigenvalue weighted by Crippen LogP contribution is -2.17. The minimum atomic E-state index is -0.570. The quantitative estimate of drug-likeness (QED) is 0.719. The van der Waals surface area contributed by atoms with Crippen LogP contribution >= 0.6 is 15.9 Å². The topological polar surface area (TPSA) is 59.3 Å². The predicted molar refractivity (Wildman–Crippen MR) is 84.6 cm³/mol. The summed E-state index contributed by atoms with van der Waals surface area (Å²) < 4.78 is 6.05. The molecular weight excluding hydrogens is 334 g/mol. The van der Waals surface area contributed by atoms with E-state index in [1.54, 1.807) is 42.5 Å². The SMILES string of the molecule is O=C(Nc1cc2ccccc2oc1=O)c1ccc(Br)cc1. The molecule has 0 atom stereocenters. The van der Waals surface area contributed by atoms with Gasteiger partial charge in [0.15, 0.2) is 0 Å². The summed E-state index contributed by atoms with van der Waals surface area (Å²) in [6.07, 6.45) is 0. The lowest BCUT2D eigenvalue weighted by Gasteiger charge is -2.05. The van der Waals surface area contributed by atoms with Gasteiger partial charge in [-0.05, 0) is 36.4 Å². The van der Waals surface area contributed by atoms with E-state index in [9.17, 15) is 9.59 Å². The normalized spacial score (nSPS) is 10.5. The molecule has 1 amide bonds. The van der Waals surface area contributed by atoms with Crippen LogP contribution in [0.25, 0.3) is 11.0 Å². The molecule has 4 nitrogen and oxygen atoms in total. The van der Waals surface area contributed by atoms with Gasteiger partial charge in [-0.2, -0.15) is 0 Å². The van der Waals surface area contributed by atoms with Gasteiger partial charge in [-0.3, -0.25) is 4.79 Å². The van der Waals surface area contributed by atoms with Gasteiger partial charge in [-0.15, -0.1) is 0 Å². The smallest absolute Gasteiger partial charge is 0.360 e. The van der Waals surface area contributed by atoms with Crippen molar-refractivity contribution < 1.29 is 9.21 Å². The molecule has 21 heavy (non-hydrogen) atoms. The van der Waals surface area contributed by atoms with Crippen molar-refractivity contribution in [1.82, 2.24) is 0 Å². The molecule has 0 aliphatic carbocycles. The number of hydrogen-bond acceptors (Lipinski definition) is 3. The van der Waals surface area contributed by atoms with Crippen molar-refractivity contribution in [3.63, 3.8) is 0 Å². The molecule has 0 spiro atoms. The van der Waals surface area contributed by atoms with Crippen molar-refractivity contribution in [2.24, 2.45) is 0 Å². The van der Waals surface area contributed by atoms with E-state index in [1.165, 1.54) is 0 Å². The largest absolute Gasteiger partial charge is 0.421 e. The average molecular weight is 344 g/mol. The van der Waals surface area contributed by atoms with E-state index in [2.05, 4.69) is 21.2 Å². The molecule has 0 radical (unpaired) electrons. The predicted octanol–water partition coefficient (Wildman–Crippen LogP) is 3.81. The van der Waals surface area contributed by atoms with E-state index in [1.807, 2.05) is 12.1 Å². The summed E-state index contributed by atoms with van der Waals surface area (Å²) in [5.41, 5.74) is 0.510. The summed E-state index contributed by atoms with van der Waals surface area (Å²) in [7, 11) is 0. The van der Waals surface area contributed by atoms with E-state index in [-0.39, 0.29) is 11.6 Å². The Kier molecular flexibility index (Phi) is 3.58. The molecule has 0 aliphatic heterocycles. The number of anilines is 1. The van der Waals surface area contributed by atoms with E-state index >= 15 is 0 Å². The number of para-hydroxylation sites is 1. The standard InChI is InChI=1S/C16H10BrNO3/c17-12-7-5-10(6-8-12)15(19)18-13-9-11-3-1-2-4-14(11)21-16(13)20/h1-9H,(H,18,19). The number of hydrogen-bond donors (Lipinski definition) is 1. The Morgan fingerprint density at radius 1 is 1.05 bits per heavy atom. The molecule has 2 aromatic carbocycles. The molecule has 3 rings (SSSR count). The number of carbonyl (C=O) groups is 1. The van der Waals surface area contributed by atoms with Gasteiger partial charge in [0, 0.05) is 15.4 Å². The molecule has 1 heterocycles. The third-order valence-electron chi connectivity index (χ3n) is 3.00. The van der Waals surface area contributed by atoms with Gasteiger partial charge in [0.1, 0.15) is 11.3 Å².